The first-order valence-corrected chi connectivity index (χ1v) is 7.43. The second kappa shape index (κ2) is 7.47. The Morgan fingerprint density at radius 1 is 1.32 bits per heavy atom. The Morgan fingerprint density at radius 2 is 2.00 bits per heavy atom. The zero-order valence-electron chi connectivity index (χ0n) is 12.1. The molecule has 1 aliphatic heterocycles. The Morgan fingerprint density at radius 3 is 2.64 bits per heavy atom. The molecule has 22 heavy (non-hydrogen) atoms. The molecule has 0 aliphatic carbocycles. The van der Waals surface area contributed by atoms with Gasteiger partial charge in [0.25, 0.3) is 5.91 Å². The molecule has 0 aromatic heterocycles. The molecule has 2 rings (SSSR count). The van der Waals surface area contributed by atoms with Crippen LogP contribution in [0.5, 0.6) is 5.75 Å². The molecule has 0 saturated carbocycles. The minimum atomic E-state index is -0.738. The van der Waals surface area contributed by atoms with E-state index >= 15 is 0 Å². The van der Waals surface area contributed by atoms with E-state index in [4.69, 9.17) is 26.8 Å². The minimum Gasteiger partial charge on any atom is -0.482 e. The fourth-order valence-corrected chi connectivity index (χ4v) is 2.49. The van der Waals surface area contributed by atoms with Crippen molar-refractivity contribution in [1.29, 1.82) is 0 Å². The van der Waals surface area contributed by atoms with Crippen molar-refractivity contribution in [2.75, 3.05) is 26.4 Å². The van der Waals surface area contributed by atoms with Crippen LogP contribution in [0.2, 0.25) is 5.02 Å². The van der Waals surface area contributed by atoms with Crippen LogP contribution in [0.25, 0.3) is 0 Å². The van der Waals surface area contributed by atoms with Gasteiger partial charge in [0.15, 0.2) is 6.61 Å². The maximum atomic E-state index is 11.9. The summed E-state index contributed by atoms with van der Waals surface area (Å²) in [6.45, 7) is 0.954. The van der Waals surface area contributed by atoms with E-state index in [1.165, 1.54) is 0 Å². The topological polar surface area (TPSA) is 90.7 Å². The first-order valence-electron chi connectivity index (χ1n) is 7.05. The summed E-state index contributed by atoms with van der Waals surface area (Å²) in [6, 6.07) is 6.90. The van der Waals surface area contributed by atoms with Crippen LogP contribution in [0.1, 0.15) is 12.8 Å². The van der Waals surface area contributed by atoms with Gasteiger partial charge in [-0.2, -0.15) is 0 Å². The quantitative estimate of drug-likeness (QED) is 0.819. The Kier molecular flexibility index (Phi) is 5.63. The molecule has 0 unspecified atom stereocenters. The predicted octanol–water partition coefficient (Wildman–Crippen LogP) is 1.12. The lowest BCUT2D eigenvalue weighted by Gasteiger charge is -2.34. The molecule has 0 bridgehead atoms. The molecule has 0 spiro atoms. The second-order valence-electron chi connectivity index (χ2n) is 5.25. The van der Waals surface area contributed by atoms with E-state index in [1.54, 1.807) is 24.3 Å². The molecule has 1 aliphatic rings. The normalized spacial score (nSPS) is 16.8. The Labute approximate surface area is 133 Å². The van der Waals surface area contributed by atoms with Crippen molar-refractivity contribution in [3.63, 3.8) is 0 Å². The highest BCUT2D eigenvalue weighted by Gasteiger charge is 2.38. The fraction of sp³-hybridized carbons (Fsp3) is 0.467. The van der Waals surface area contributed by atoms with Crippen LogP contribution in [0.4, 0.5) is 0 Å². The van der Waals surface area contributed by atoms with Gasteiger partial charge in [0.05, 0.1) is 10.4 Å². The number of para-hydroxylation sites is 1. The van der Waals surface area contributed by atoms with Gasteiger partial charge in [-0.25, -0.2) is 0 Å². The summed E-state index contributed by atoms with van der Waals surface area (Å²) in [5, 5.41) is 3.14. The smallest absolute Gasteiger partial charge is 0.257 e. The molecule has 1 aromatic rings. The number of nitrogens with two attached hydrogens (primary N) is 1. The molecule has 120 valence electrons. The molecule has 2 amide bonds. The summed E-state index contributed by atoms with van der Waals surface area (Å²) < 4.78 is 10.6. The monoisotopic (exact) mass is 326 g/mol. The number of amides is 2. The van der Waals surface area contributed by atoms with E-state index in [9.17, 15) is 9.59 Å². The van der Waals surface area contributed by atoms with Gasteiger partial charge in [-0.3, -0.25) is 9.59 Å². The van der Waals surface area contributed by atoms with E-state index in [0.717, 1.165) is 0 Å². The number of hydrogen-bond donors (Lipinski definition) is 2. The first-order chi connectivity index (χ1) is 10.5. The molecule has 1 heterocycles. The Bertz CT molecular complexity index is 544. The largest absolute Gasteiger partial charge is 0.482 e. The number of halogens is 1. The highest BCUT2D eigenvalue weighted by Crippen LogP contribution is 2.29. The van der Waals surface area contributed by atoms with E-state index in [0.29, 0.717) is 36.8 Å². The number of nitrogens with one attached hydrogen (secondary N) is 1. The van der Waals surface area contributed by atoms with E-state index < -0.39 is 11.3 Å². The third-order valence-electron chi connectivity index (χ3n) is 3.79. The average Bonchev–Trinajstić information content (AvgIpc) is 2.53. The number of benzene rings is 1. The molecule has 3 N–H and O–H groups in total. The first kappa shape index (κ1) is 16.6. The highest BCUT2D eigenvalue weighted by molar-refractivity contribution is 6.32. The predicted molar refractivity (Wildman–Crippen MR) is 81.6 cm³/mol. The Hall–Kier alpha value is -1.79. The van der Waals surface area contributed by atoms with Crippen LogP contribution in [0, 0.1) is 5.41 Å². The summed E-state index contributed by atoms with van der Waals surface area (Å²) in [7, 11) is 0. The van der Waals surface area contributed by atoms with Crippen molar-refractivity contribution in [3.05, 3.63) is 29.3 Å². The summed E-state index contributed by atoms with van der Waals surface area (Å²) in [5.41, 5.74) is 4.74. The molecule has 1 fully saturated rings. The zero-order valence-corrected chi connectivity index (χ0v) is 12.9. The van der Waals surface area contributed by atoms with Crippen LogP contribution in [-0.2, 0) is 14.3 Å². The van der Waals surface area contributed by atoms with Crippen LogP contribution in [0.15, 0.2) is 24.3 Å². The lowest BCUT2D eigenvalue weighted by molar-refractivity contribution is -0.134. The molecular weight excluding hydrogens is 308 g/mol. The third-order valence-corrected chi connectivity index (χ3v) is 4.10. The average molecular weight is 327 g/mol. The fourth-order valence-electron chi connectivity index (χ4n) is 2.30. The number of rotatable bonds is 6. The summed E-state index contributed by atoms with van der Waals surface area (Å²) in [5.74, 6) is -0.301. The molecule has 1 aromatic carbocycles. The minimum absolute atomic E-state index is 0.172. The van der Waals surface area contributed by atoms with Crippen LogP contribution < -0.4 is 15.8 Å². The van der Waals surface area contributed by atoms with Crippen molar-refractivity contribution in [2.24, 2.45) is 11.1 Å². The lowest BCUT2D eigenvalue weighted by atomic mass is 9.79. The number of carbonyl (C=O) groups is 2. The molecule has 0 radical (unpaired) electrons. The number of carbonyl (C=O) groups excluding carboxylic acids is 2. The maximum Gasteiger partial charge on any atom is 0.257 e. The summed E-state index contributed by atoms with van der Waals surface area (Å²) in [6.07, 6.45) is 1.02. The van der Waals surface area contributed by atoms with Crippen LogP contribution >= 0.6 is 11.6 Å². The van der Waals surface area contributed by atoms with Crippen molar-refractivity contribution in [2.45, 2.75) is 12.8 Å². The van der Waals surface area contributed by atoms with E-state index in [-0.39, 0.29) is 19.1 Å². The number of ether oxygens (including phenoxy) is 2. The molecule has 6 nitrogen and oxygen atoms in total. The van der Waals surface area contributed by atoms with Crippen molar-refractivity contribution >= 4 is 23.4 Å². The van der Waals surface area contributed by atoms with Gasteiger partial charge in [-0.05, 0) is 25.0 Å². The second-order valence-corrected chi connectivity index (χ2v) is 5.66. The van der Waals surface area contributed by atoms with Crippen molar-refractivity contribution in [3.8, 4) is 5.75 Å². The van der Waals surface area contributed by atoms with Gasteiger partial charge < -0.3 is 20.5 Å². The molecule has 7 heteroatoms. The standard InChI is InChI=1S/C15H19ClN2O4/c16-11-3-1-2-4-12(11)22-9-13(19)18-10-15(14(17)20)5-7-21-8-6-15/h1-4H,5-10H2,(H2,17,20)(H,18,19). The molecule has 1 saturated heterocycles. The number of hydrogen-bond acceptors (Lipinski definition) is 4. The van der Waals surface area contributed by atoms with Crippen molar-refractivity contribution < 1.29 is 19.1 Å². The third kappa shape index (κ3) is 4.11. The molecular formula is C15H19ClN2O4. The van der Waals surface area contributed by atoms with Gasteiger partial charge in [0.2, 0.25) is 5.91 Å². The van der Waals surface area contributed by atoms with E-state index in [1.807, 2.05) is 0 Å². The maximum absolute atomic E-state index is 11.9. The van der Waals surface area contributed by atoms with Gasteiger partial charge in [0.1, 0.15) is 5.75 Å². The van der Waals surface area contributed by atoms with E-state index in [2.05, 4.69) is 5.32 Å². The van der Waals surface area contributed by atoms with Crippen LogP contribution in [-0.4, -0.2) is 38.2 Å². The van der Waals surface area contributed by atoms with Crippen LogP contribution in [0.3, 0.4) is 0 Å². The van der Waals surface area contributed by atoms with Gasteiger partial charge in [0, 0.05) is 19.8 Å². The van der Waals surface area contributed by atoms with Gasteiger partial charge >= 0.3 is 0 Å². The zero-order chi connectivity index (χ0) is 16.0. The van der Waals surface area contributed by atoms with Gasteiger partial charge in [-0.1, -0.05) is 23.7 Å². The Balaban J connectivity index is 1.84. The summed E-state index contributed by atoms with van der Waals surface area (Å²) in [4.78, 5) is 23.6. The number of primary amides is 1. The lowest BCUT2D eigenvalue weighted by Crippen LogP contribution is -2.50. The summed E-state index contributed by atoms with van der Waals surface area (Å²) >= 11 is 5.94. The van der Waals surface area contributed by atoms with Crippen molar-refractivity contribution in [1.82, 2.24) is 5.32 Å². The highest BCUT2D eigenvalue weighted by atomic mass is 35.5. The SMILES string of the molecule is NC(=O)C1(CNC(=O)COc2ccccc2Cl)CCOCC1. The molecule has 0 atom stereocenters. The van der Waals surface area contributed by atoms with Gasteiger partial charge in [-0.15, -0.1) is 0 Å².